The second-order valence-corrected chi connectivity index (χ2v) is 3.65. The van der Waals surface area contributed by atoms with Crippen LogP contribution in [0.2, 0.25) is 0 Å². The molecule has 0 aromatic rings. The van der Waals surface area contributed by atoms with Gasteiger partial charge >= 0.3 is 0 Å². The number of rotatable bonds is 0. The molecule has 0 saturated heterocycles. The maximum Gasteiger partial charge on any atom is -0.0329 e. The van der Waals surface area contributed by atoms with Gasteiger partial charge in [0, 0.05) is 0 Å². The highest BCUT2D eigenvalue weighted by Gasteiger charge is 2.52. The van der Waals surface area contributed by atoms with Crippen molar-refractivity contribution in [3.8, 4) is 0 Å². The summed E-state index contributed by atoms with van der Waals surface area (Å²) in [6.45, 7) is 4.82. The minimum absolute atomic E-state index is 1.06. The van der Waals surface area contributed by atoms with E-state index in [1.165, 1.54) is 12.8 Å². The first-order valence-electron chi connectivity index (χ1n) is 3.80. The molecule has 2 aliphatic rings. The van der Waals surface area contributed by atoms with E-state index >= 15 is 0 Å². The summed E-state index contributed by atoms with van der Waals surface area (Å²) in [7, 11) is 0. The van der Waals surface area contributed by atoms with Gasteiger partial charge in [-0.05, 0) is 30.1 Å². The lowest BCUT2D eigenvalue weighted by atomic mass is 10.0. The third kappa shape index (κ3) is 0.416. The molecule has 2 rings (SSSR count). The Morgan fingerprint density at radius 1 is 1.12 bits per heavy atom. The summed E-state index contributed by atoms with van der Waals surface area (Å²) >= 11 is 0. The largest absolute Gasteiger partial charge is 0.0622 e. The van der Waals surface area contributed by atoms with Crippen LogP contribution in [0, 0.1) is 23.7 Å². The van der Waals surface area contributed by atoms with Crippen molar-refractivity contribution in [1.82, 2.24) is 0 Å². The van der Waals surface area contributed by atoms with Gasteiger partial charge in [0.05, 0.1) is 0 Å². The van der Waals surface area contributed by atoms with E-state index in [1.54, 1.807) is 0 Å². The van der Waals surface area contributed by atoms with Crippen LogP contribution in [0.5, 0.6) is 0 Å². The predicted molar refractivity (Wildman–Crippen MR) is 34.5 cm³/mol. The molecule has 0 unspecified atom stereocenters. The van der Waals surface area contributed by atoms with E-state index in [2.05, 4.69) is 13.8 Å². The van der Waals surface area contributed by atoms with Gasteiger partial charge in [0.25, 0.3) is 0 Å². The van der Waals surface area contributed by atoms with Crippen molar-refractivity contribution in [3.05, 3.63) is 0 Å². The van der Waals surface area contributed by atoms with E-state index in [0.717, 1.165) is 23.7 Å². The molecule has 0 bridgehead atoms. The molecule has 0 nitrogen and oxygen atoms in total. The summed E-state index contributed by atoms with van der Waals surface area (Å²) in [6, 6.07) is 0. The van der Waals surface area contributed by atoms with E-state index in [4.69, 9.17) is 0 Å². The quantitative estimate of drug-likeness (QED) is 0.449. The Balaban J connectivity index is 2.07. The fourth-order valence-electron chi connectivity index (χ4n) is 2.62. The zero-order valence-corrected chi connectivity index (χ0v) is 5.72. The Bertz CT molecular complexity index is 105. The molecule has 4 atom stereocenters. The van der Waals surface area contributed by atoms with Gasteiger partial charge in [-0.2, -0.15) is 0 Å². The van der Waals surface area contributed by atoms with E-state index in [1.807, 2.05) is 0 Å². The summed E-state index contributed by atoms with van der Waals surface area (Å²) in [5.41, 5.74) is 0. The SMILES string of the molecule is C[C@H]1[C@H]2CC[C@H](C)[C@@H]12. The van der Waals surface area contributed by atoms with Crippen molar-refractivity contribution in [2.75, 3.05) is 0 Å². The van der Waals surface area contributed by atoms with Crippen LogP contribution in [0.3, 0.4) is 0 Å². The highest BCUT2D eigenvalue weighted by atomic mass is 14.6. The van der Waals surface area contributed by atoms with E-state index in [9.17, 15) is 0 Å². The highest BCUT2D eigenvalue weighted by molar-refractivity contribution is 5.01. The number of fused-ring (bicyclic) bond motifs is 1. The molecule has 0 aromatic heterocycles. The van der Waals surface area contributed by atoms with Crippen molar-refractivity contribution in [3.63, 3.8) is 0 Å². The Labute approximate surface area is 51.3 Å². The van der Waals surface area contributed by atoms with Crippen LogP contribution in [0.15, 0.2) is 0 Å². The van der Waals surface area contributed by atoms with Crippen LogP contribution in [0.25, 0.3) is 0 Å². The molecule has 0 amide bonds. The average molecular weight is 110 g/mol. The number of hydrogen-bond donors (Lipinski definition) is 0. The monoisotopic (exact) mass is 110 g/mol. The summed E-state index contributed by atoms with van der Waals surface area (Å²) in [5, 5.41) is 0. The molecule has 8 heavy (non-hydrogen) atoms. The second kappa shape index (κ2) is 1.29. The molecule has 0 N–H and O–H groups in total. The normalized spacial score (nSPS) is 60.8. The Morgan fingerprint density at radius 3 is 2.12 bits per heavy atom. The molecule has 0 heterocycles. The van der Waals surface area contributed by atoms with Gasteiger partial charge in [0.1, 0.15) is 0 Å². The molecule has 0 spiro atoms. The first-order valence-corrected chi connectivity index (χ1v) is 3.80. The third-order valence-electron chi connectivity index (χ3n) is 3.25. The molecule has 0 aromatic carbocycles. The van der Waals surface area contributed by atoms with E-state index < -0.39 is 0 Å². The van der Waals surface area contributed by atoms with Crippen LogP contribution >= 0.6 is 0 Å². The standard InChI is InChI=1S/C8H14/c1-5-3-4-7-6(2)8(5)7/h5-8H,3-4H2,1-2H3/t5-,6-,7+,8-/m0/s1. The second-order valence-electron chi connectivity index (χ2n) is 3.65. The maximum absolute atomic E-state index is 2.41. The summed E-state index contributed by atoms with van der Waals surface area (Å²) in [5.74, 6) is 4.47. The van der Waals surface area contributed by atoms with Gasteiger partial charge < -0.3 is 0 Å². The van der Waals surface area contributed by atoms with Crippen molar-refractivity contribution in [2.45, 2.75) is 26.7 Å². The lowest BCUT2D eigenvalue weighted by Gasteiger charge is -2.02. The zero-order valence-electron chi connectivity index (χ0n) is 5.72. The van der Waals surface area contributed by atoms with Gasteiger partial charge in [-0.1, -0.05) is 20.3 Å². The molecule has 2 saturated carbocycles. The van der Waals surface area contributed by atoms with E-state index in [0.29, 0.717) is 0 Å². The van der Waals surface area contributed by atoms with Crippen LogP contribution < -0.4 is 0 Å². The molecule has 2 aliphatic carbocycles. The predicted octanol–water partition coefficient (Wildman–Crippen LogP) is 2.30. The average Bonchev–Trinajstić information content (AvgIpc) is 2.13. The minimum atomic E-state index is 1.06. The lowest BCUT2D eigenvalue weighted by Crippen LogP contribution is -1.93. The van der Waals surface area contributed by atoms with Gasteiger partial charge in [-0.15, -0.1) is 0 Å². The first kappa shape index (κ1) is 4.84. The molecular formula is C8H14. The zero-order chi connectivity index (χ0) is 5.72. The Hall–Kier alpha value is 0. The van der Waals surface area contributed by atoms with Crippen molar-refractivity contribution < 1.29 is 0 Å². The summed E-state index contributed by atoms with van der Waals surface area (Å²) in [6.07, 6.45) is 3.05. The molecular weight excluding hydrogens is 96.1 g/mol. The smallest absolute Gasteiger partial charge is 0.0329 e. The maximum atomic E-state index is 2.41. The minimum Gasteiger partial charge on any atom is -0.0622 e. The molecule has 0 aliphatic heterocycles. The summed E-state index contributed by atoms with van der Waals surface area (Å²) < 4.78 is 0. The molecule has 0 heteroatoms. The number of hydrogen-bond acceptors (Lipinski definition) is 0. The highest BCUT2D eigenvalue weighted by Crippen LogP contribution is 2.59. The topological polar surface area (TPSA) is 0 Å². The Morgan fingerprint density at radius 2 is 1.88 bits per heavy atom. The fraction of sp³-hybridized carbons (Fsp3) is 1.00. The van der Waals surface area contributed by atoms with Gasteiger partial charge in [0.2, 0.25) is 0 Å². The van der Waals surface area contributed by atoms with Crippen LogP contribution in [-0.4, -0.2) is 0 Å². The van der Waals surface area contributed by atoms with Crippen LogP contribution in [0.4, 0.5) is 0 Å². The fourth-order valence-corrected chi connectivity index (χ4v) is 2.62. The van der Waals surface area contributed by atoms with Crippen molar-refractivity contribution in [1.29, 1.82) is 0 Å². The summed E-state index contributed by atoms with van der Waals surface area (Å²) in [4.78, 5) is 0. The molecule has 0 radical (unpaired) electrons. The Kier molecular flexibility index (Phi) is 0.778. The first-order chi connectivity index (χ1) is 3.80. The van der Waals surface area contributed by atoms with Crippen molar-refractivity contribution >= 4 is 0 Å². The molecule has 2 fully saturated rings. The molecule has 46 valence electrons. The van der Waals surface area contributed by atoms with Crippen molar-refractivity contribution in [2.24, 2.45) is 23.7 Å². The van der Waals surface area contributed by atoms with Gasteiger partial charge in [-0.25, -0.2) is 0 Å². The van der Waals surface area contributed by atoms with Crippen LogP contribution in [-0.2, 0) is 0 Å². The van der Waals surface area contributed by atoms with E-state index in [-0.39, 0.29) is 0 Å². The third-order valence-corrected chi connectivity index (χ3v) is 3.25. The van der Waals surface area contributed by atoms with Gasteiger partial charge in [-0.3, -0.25) is 0 Å². The lowest BCUT2D eigenvalue weighted by molar-refractivity contribution is 0.483. The van der Waals surface area contributed by atoms with Gasteiger partial charge in [0.15, 0.2) is 0 Å². The van der Waals surface area contributed by atoms with Crippen LogP contribution in [0.1, 0.15) is 26.7 Å².